The van der Waals surface area contributed by atoms with Gasteiger partial charge in [-0.25, -0.2) is 0 Å². The van der Waals surface area contributed by atoms with E-state index >= 15 is 0 Å². The first-order valence-electron chi connectivity index (χ1n) is 7.56. The van der Waals surface area contributed by atoms with Gasteiger partial charge in [-0.05, 0) is 5.56 Å². The second kappa shape index (κ2) is 7.90. The molecule has 7 heteroatoms. The summed E-state index contributed by atoms with van der Waals surface area (Å²) in [4.78, 5) is 23.7. The lowest BCUT2D eigenvalue weighted by molar-refractivity contribution is -0.148. The molecule has 0 aliphatic heterocycles. The van der Waals surface area contributed by atoms with Gasteiger partial charge in [-0.15, -0.1) is 0 Å². The quantitative estimate of drug-likeness (QED) is 0.696. The van der Waals surface area contributed by atoms with Gasteiger partial charge in [0.25, 0.3) is 0 Å². The first kappa shape index (κ1) is 17.9. The van der Waals surface area contributed by atoms with Gasteiger partial charge in [0, 0.05) is 5.92 Å². The molecule has 0 heterocycles. The van der Waals surface area contributed by atoms with E-state index in [9.17, 15) is 20.0 Å². The number of esters is 2. The van der Waals surface area contributed by atoms with E-state index in [0.717, 1.165) is 5.56 Å². The molecule has 0 amide bonds. The van der Waals surface area contributed by atoms with Crippen molar-refractivity contribution < 1.29 is 24.2 Å². The van der Waals surface area contributed by atoms with E-state index in [1.807, 2.05) is 30.3 Å². The molecule has 1 fully saturated rings. The second-order valence-electron chi connectivity index (χ2n) is 5.59. The van der Waals surface area contributed by atoms with Crippen molar-refractivity contribution in [1.29, 1.82) is 5.26 Å². The molecule has 7 nitrogen and oxygen atoms in total. The zero-order chi connectivity index (χ0) is 17.7. The lowest BCUT2D eigenvalue weighted by Crippen LogP contribution is -2.36. The molecule has 1 saturated carbocycles. The van der Waals surface area contributed by atoms with Gasteiger partial charge >= 0.3 is 11.9 Å². The molecule has 1 aromatic carbocycles. The Labute approximate surface area is 140 Å². The third-order valence-electron chi connectivity index (χ3n) is 4.31. The number of hydrogen-bond acceptors (Lipinski definition) is 7. The number of aliphatic hydroxyl groups excluding tert-OH is 1. The minimum atomic E-state index is -0.796. The highest BCUT2D eigenvalue weighted by molar-refractivity contribution is 5.88. The molecular weight excluding hydrogens is 312 g/mol. The molecule has 1 aromatic rings. The summed E-state index contributed by atoms with van der Waals surface area (Å²) in [6.07, 6.45) is 0. The van der Waals surface area contributed by atoms with Crippen LogP contribution in [0, 0.1) is 29.1 Å². The third-order valence-corrected chi connectivity index (χ3v) is 4.31. The number of hydrogen-bond donors (Lipinski definition) is 2. The molecule has 0 saturated heterocycles. The largest absolute Gasteiger partial charge is 0.469 e. The fourth-order valence-corrected chi connectivity index (χ4v) is 3.02. The van der Waals surface area contributed by atoms with Gasteiger partial charge in [-0.2, -0.15) is 5.26 Å². The van der Waals surface area contributed by atoms with Crippen LogP contribution in [0.3, 0.4) is 0 Å². The van der Waals surface area contributed by atoms with E-state index in [2.05, 4.69) is 11.4 Å². The number of nitrogens with one attached hydrogen (secondary N) is 1. The van der Waals surface area contributed by atoms with Crippen molar-refractivity contribution in [2.45, 2.75) is 12.1 Å². The van der Waals surface area contributed by atoms with Crippen LogP contribution in [0.25, 0.3) is 0 Å². The number of ether oxygens (including phenoxy) is 2. The van der Waals surface area contributed by atoms with Crippen LogP contribution in [0.1, 0.15) is 11.6 Å². The number of carbonyl (C=O) groups is 2. The average Bonchev–Trinajstić information content (AvgIpc) is 3.37. The Morgan fingerprint density at radius 1 is 1.21 bits per heavy atom. The molecular formula is C17H20N2O5. The number of carbonyl (C=O) groups excluding carboxylic acids is 2. The number of methoxy groups -OCH3 is 2. The van der Waals surface area contributed by atoms with Crippen LogP contribution in [0.4, 0.5) is 0 Å². The molecule has 0 bridgehead atoms. The fourth-order valence-electron chi connectivity index (χ4n) is 3.02. The molecule has 2 N–H and O–H groups in total. The number of aliphatic hydroxyl groups is 1. The predicted molar refractivity (Wildman–Crippen MR) is 83.3 cm³/mol. The molecule has 128 valence electrons. The lowest BCUT2D eigenvalue weighted by Gasteiger charge is -2.20. The van der Waals surface area contributed by atoms with Crippen molar-refractivity contribution in [3.63, 3.8) is 0 Å². The van der Waals surface area contributed by atoms with Gasteiger partial charge in [0.05, 0.1) is 44.8 Å². The average molecular weight is 332 g/mol. The minimum Gasteiger partial charge on any atom is -0.469 e. The Bertz CT molecular complexity index is 606. The van der Waals surface area contributed by atoms with Crippen molar-refractivity contribution in [2.75, 3.05) is 20.8 Å². The first-order chi connectivity index (χ1) is 11.6. The summed E-state index contributed by atoms with van der Waals surface area (Å²) in [5, 5.41) is 22.1. The van der Waals surface area contributed by atoms with Gasteiger partial charge < -0.3 is 14.6 Å². The van der Waals surface area contributed by atoms with Crippen molar-refractivity contribution in [1.82, 2.24) is 5.32 Å². The smallest absolute Gasteiger partial charge is 0.309 e. The number of benzene rings is 1. The van der Waals surface area contributed by atoms with Gasteiger partial charge in [-0.1, -0.05) is 30.3 Å². The lowest BCUT2D eigenvalue weighted by atomic mass is 10.0. The van der Waals surface area contributed by atoms with Crippen molar-refractivity contribution in [2.24, 2.45) is 17.8 Å². The van der Waals surface area contributed by atoms with E-state index in [4.69, 9.17) is 9.47 Å². The maximum Gasteiger partial charge on any atom is 0.309 e. The topological polar surface area (TPSA) is 109 Å². The summed E-state index contributed by atoms with van der Waals surface area (Å²) >= 11 is 0. The molecule has 1 aliphatic rings. The molecule has 0 spiro atoms. The molecule has 1 aliphatic carbocycles. The number of nitriles is 1. The molecule has 2 rings (SSSR count). The van der Waals surface area contributed by atoms with E-state index in [1.54, 1.807) is 0 Å². The standard InChI is InChI=1S/C17H20N2O5/c1-23-16(21)14-13(15(14)17(22)24-2)11(8-18)19-12(9-20)10-6-4-3-5-7-10/h3-7,11-15,19-20H,9H2,1-2H3/t11-,12+,14+,15+/m1/s1. The number of nitrogens with zero attached hydrogens (tertiary/aromatic N) is 1. The molecule has 24 heavy (non-hydrogen) atoms. The van der Waals surface area contributed by atoms with Crippen LogP contribution < -0.4 is 5.32 Å². The Hall–Kier alpha value is -2.43. The summed E-state index contributed by atoms with van der Waals surface area (Å²) < 4.78 is 9.41. The summed E-state index contributed by atoms with van der Waals surface area (Å²) in [7, 11) is 2.47. The van der Waals surface area contributed by atoms with Gasteiger partial charge in [0.1, 0.15) is 6.04 Å². The zero-order valence-electron chi connectivity index (χ0n) is 13.5. The highest BCUT2D eigenvalue weighted by Crippen LogP contribution is 2.50. The van der Waals surface area contributed by atoms with Gasteiger partial charge in [0.2, 0.25) is 0 Å². The highest BCUT2D eigenvalue weighted by atomic mass is 16.5. The zero-order valence-corrected chi connectivity index (χ0v) is 13.5. The third kappa shape index (κ3) is 3.55. The van der Waals surface area contributed by atoms with Crippen LogP contribution in [0.15, 0.2) is 30.3 Å². The molecule has 0 aromatic heterocycles. The monoisotopic (exact) mass is 332 g/mol. The van der Waals surface area contributed by atoms with E-state index in [0.29, 0.717) is 0 Å². The fraction of sp³-hybridized carbons (Fsp3) is 0.471. The van der Waals surface area contributed by atoms with Crippen molar-refractivity contribution >= 4 is 11.9 Å². The maximum atomic E-state index is 11.8. The first-order valence-corrected chi connectivity index (χ1v) is 7.56. The molecule has 4 atom stereocenters. The summed E-state index contributed by atoms with van der Waals surface area (Å²) in [5.74, 6) is -3.06. The van der Waals surface area contributed by atoms with Crippen LogP contribution in [-0.4, -0.2) is 43.9 Å². The predicted octanol–water partition coefficient (Wildman–Crippen LogP) is 0.410. The van der Waals surface area contributed by atoms with Crippen LogP contribution in [0.2, 0.25) is 0 Å². The maximum absolute atomic E-state index is 11.8. The van der Waals surface area contributed by atoms with Crippen LogP contribution in [-0.2, 0) is 19.1 Å². The van der Waals surface area contributed by atoms with E-state index < -0.39 is 41.8 Å². The Morgan fingerprint density at radius 3 is 2.17 bits per heavy atom. The van der Waals surface area contributed by atoms with Crippen LogP contribution in [0.5, 0.6) is 0 Å². The second-order valence-corrected chi connectivity index (χ2v) is 5.59. The van der Waals surface area contributed by atoms with Crippen molar-refractivity contribution in [3.8, 4) is 6.07 Å². The number of rotatable bonds is 7. The Balaban J connectivity index is 2.16. The molecule has 0 unspecified atom stereocenters. The Morgan fingerprint density at radius 2 is 1.75 bits per heavy atom. The van der Waals surface area contributed by atoms with Crippen LogP contribution >= 0.6 is 0 Å². The summed E-state index contributed by atoms with van der Waals surface area (Å²) in [6, 6.07) is 9.95. The summed E-state index contributed by atoms with van der Waals surface area (Å²) in [5.41, 5.74) is 0.810. The Kier molecular flexibility index (Phi) is 5.90. The SMILES string of the molecule is COC(=O)[C@H]1C([C@@H](C#N)N[C@@H](CO)c2ccccc2)[C@@H]1C(=O)OC. The van der Waals surface area contributed by atoms with Gasteiger partial charge in [-0.3, -0.25) is 14.9 Å². The van der Waals surface area contributed by atoms with Crippen molar-refractivity contribution in [3.05, 3.63) is 35.9 Å². The highest BCUT2D eigenvalue weighted by Gasteiger charge is 2.64. The molecule has 0 radical (unpaired) electrons. The van der Waals surface area contributed by atoms with E-state index in [-0.39, 0.29) is 6.61 Å². The van der Waals surface area contributed by atoms with E-state index in [1.165, 1.54) is 14.2 Å². The van der Waals surface area contributed by atoms with Gasteiger partial charge in [0.15, 0.2) is 0 Å². The normalized spacial score (nSPS) is 24.3. The summed E-state index contributed by atoms with van der Waals surface area (Å²) in [6.45, 7) is -0.222. The minimum absolute atomic E-state index is 0.222.